The quantitative estimate of drug-likeness (QED) is 0.778. The normalized spacial score (nSPS) is 10.9. The topological polar surface area (TPSA) is 30.3 Å². The van der Waals surface area contributed by atoms with Crippen molar-refractivity contribution < 1.29 is 4.39 Å². The molecule has 1 aromatic rings. The second kappa shape index (κ2) is 6.33. The van der Waals surface area contributed by atoms with E-state index in [0.717, 1.165) is 25.2 Å². The summed E-state index contributed by atoms with van der Waals surface area (Å²) in [5.41, 5.74) is 1.08. The number of hydrogen-bond acceptors (Lipinski definition) is 3. The maximum absolute atomic E-state index is 13.1. The summed E-state index contributed by atoms with van der Waals surface area (Å²) in [7, 11) is 6.07. The summed E-state index contributed by atoms with van der Waals surface area (Å²) in [6.07, 6.45) is 0. The minimum Gasteiger partial charge on any atom is -0.308 e. The van der Waals surface area contributed by atoms with Crippen LogP contribution in [0.25, 0.3) is 0 Å². The third kappa shape index (κ3) is 4.51. The lowest BCUT2D eigenvalue weighted by Gasteiger charge is -2.19. The lowest BCUT2D eigenvalue weighted by Crippen LogP contribution is -2.28. The first-order valence-corrected chi connectivity index (χ1v) is 5.54. The van der Waals surface area contributed by atoms with E-state index >= 15 is 0 Å². The van der Waals surface area contributed by atoms with Crippen LogP contribution in [0.5, 0.6) is 0 Å². The predicted octanol–water partition coefficient (Wildman–Crippen LogP) is 1.69. The molecule has 1 rings (SSSR count). The zero-order valence-electron chi connectivity index (χ0n) is 10.6. The smallest absolute Gasteiger partial charge is 0.140 e. The highest BCUT2D eigenvalue weighted by Crippen LogP contribution is 2.11. The fraction of sp³-hybridized carbons (Fsp3) is 0.462. The van der Waals surface area contributed by atoms with Crippen molar-refractivity contribution in [3.8, 4) is 6.07 Å². The lowest BCUT2D eigenvalue weighted by molar-refractivity contribution is 0.276. The molecular weight excluding hydrogens is 217 g/mol. The summed E-state index contributed by atoms with van der Waals surface area (Å²) in [6.45, 7) is 2.64. The Bertz CT molecular complexity index is 410. The van der Waals surface area contributed by atoms with E-state index in [-0.39, 0.29) is 5.56 Å². The van der Waals surface area contributed by atoms with Crippen LogP contribution in [0.1, 0.15) is 11.1 Å². The highest BCUT2D eigenvalue weighted by atomic mass is 19.1. The second-order valence-corrected chi connectivity index (χ2v) is 4.47. The number of benzene rings is 1. The molecule has 0 amide bonds. The SMILES string of the molecule is CN(C)CCN(C)Cc1ccc(F)c(C#N)c1. The number of rotatable bonds is 5. The van der Waals surface area contributed by atoms with E-state index in [2.05, 4.69) is 9.80 Å². The molecule has 0 saturated heterocycles. The molecule has 0 aliphatic carbocycles. The van der Waals surface area contributed by atoms with Gasteiger partial charge in [-0.2, -0.15) is 5.26 Å². The molecule has 0 N–H and O–H groups in total. The van der Waals surface area contributed by atoms with Crippen LogP contribution in [-0.4, -0.2) is 44.0 Å². The van der Waals surface area contributed by atoms with E-state index in [9.17, 15) is 4.39 Å². The number of nitriles is 1. The van der Waals surface area contributed by atoms with Gasteiger partial charge in [-0.1, -0.05) is 6.07 Å². The number of nitrogens with zero attached hydrogens (tertiary/aromatic N) is 3. The zero-order chi connectivity index (χ0) is 12.8. The Morgan fingerprint density at radius 1 is 1.24 bits per heavy atom. The van der Waals surface area contributed by atoms with E-state index in [4.69, 9.17) is 5.26 Å². The van der Waals surface area contributed by atoms with Gasteiger partial charge in [-0.3, -0.25) is 0 Å². The summed E-state index contributed by atoms with van der Waals surface area (Å²) in [6, 6.07) is 6.55. The van der Waals surface area contributed by atoms with Gasteiger partial charge in [0.15, 0.2) is 0 Å². The van der Waals surface area contributed by atoms with Crippen LogP contribution in [0.15, 0.2) is 18.2 Å². The van der Waals surface area contributed by atoms with Crippen molar-refractivity contribution in [2.75, 3.05) is 34.2 Å². The Balaban J connectivity index is 2.60. The molecular formula is C13H18FN3. The maximum atomic E-state index is 13.1. The van der Waals surface area contributed by atoms with Gasteiger partial charge >= 0.3 is 0 Å². The van der Waals surface area contributed by atoms with Crippen LogP contribution in [0.2, 0.25) is 0 Å². The molecule has 17 heavy (non-hydrogen) atoms. The van der Waals surface area contributed by atoms with Crippen molar-refractivity contribution in [1.82, 2.24) is 9.80 Å². The van der Waals surface area contributed by atoms with E-state index in [1.165, 1.54) is 6.07 Å². The largest absolute Gasteiger partial charge is 0.308 e. The van der Waals surface area contributed by atoms with Crippen LogP contribution >= 0.6 is 0 Å². The van der Waals surface area contributed by atoms with Crippen LogP contribution in [0.3, 0.4) is 0 Å². The number of hydrogen-bond donors (Lipinski definition) is 0. The fourth-order valence-corrected chi connectivity index (χ4v) is 1.52. The van der Waals surface area contributed by atoms with Gasteiger partial charge in [0.25, 0.3) is 0 Å². The number of likely N-dealkylation sites (N-methyl/N-ethyl adjacent to an activating group) is 2. The number of halogens is 1. The Morgan fingerprint density at radius 2 is 1.94 bits per heavy atom. The molecule has 0 fully saturated rings. The fourth-order valence-electron chi connectivity index (χ4n) is 1.52. The summed E-state index contributed by atoms with van der Waals surface area (Å²) < 4.78 is 13.1. The summed E-state index contributed by atoms with van der Waals surface area (Å²) in [5, 5.41) is 8.74. The first kappa shape index (κ1) is 13.6. The lowest BCUT2D eigenvalue weighted by atomic mass is 10.1. The van der Waals surface area contributed by atoms with Crippen molar-refractivity contribution in [3.63, 3.8) is 0 Å². The third-order valence-electron chi connectivity index (χ3n) is 2.53. The van der Waals surface area contributed by atoms with Gasteiger partial charge < -0.3 is 9.80 Å². The van der Waals surface area contributed by atoms with Crippen LogP contribution in [0.4, 0.5) is 4.39 Å². The molecule has 3 nitrogen and oxygen atoms in total. The van der Waals surface area contributed by atoms with Gasteiger partial charge in [0, 0.05) is 19.6 Å². The van der Waals surface area contributed by atoms with Gasteiger partial charge in [0.1, 0.15) is 11.9 Å². The van der Waals surface area contributed by atoms with E-state index in [1.54, 1.807) is 12.1 Å². The summed E-state index contributed by atoms with van der Waals surface area (Å²) >= 11 is 0. The standard InChI is InChI=1S/C13H18FN3/c1-16(2)6-7-17(3)10-11-4-5-13(14)12(8-11)9-15/h4-5,8H,6-7,10H2,1-3H3. The Morgan fingerprint density at radius 3 is 2.53 bits per heavy atom. The first-order valence-electron chi connectivity index (χ1n) is 5.54. The van der Waals surface area contributed by atoms with Crippen LogP contribution in [-0.2, 0) is 6.54 Å². The van der Waals surface area contributed by atoms with Gasteiger partial charge in [-0.25, -0.2) is 4.39 Å². The molecule has 0 unspecified atom stereocenters. The second-order valence-electron chi connectivity index (χ2n) is 4.47. The van der Waals surface area contributed by atoms with Crippen LogP contribution < -0.4 is 0 Å². The maximum Gasteiger partial charge on any atom is 0.140 e. The van der Waals surface area contributed by atoms with Gasteiger partial charge in [0.05, 0.1) is 5.56 Å². The third-order valence-corrected chi connectivity index (χ3v) is 2.53. The molecule has 0 radical (unpaired) electrons. The highest BCUT2D eigenvalue weighted by Gasteiger charge is 2.05. The van der Waals surface area contributed by atoms with Gasteiger partial charge in [-0.15, -0.1) is 0 Å². The minimum absolute atomic E-state index is 0.114. The van der Waals surface area contributed by atoms with Crippen LogP contribution in [0, 0.1) is 17.1 Å². The monoisotopic (exact) mass is 235 g/mol. The Labute approximate surface area is 102 Å². The molecule has 0 heterocycles. The average molecular weight is 235 g/mol. The molecule has 0 aliphatic rings. The van der Waals surface area contributed by atoms with Crippen molar-refractivity contribution in [1.29, 1.82) is 5.26 Å². The van der Waals surface area contributed by atoms with Gasteiger partial charge in [-0.05, 0) is 38.8 Å². The van der Waals surface area contributed by atoms with Crippen molar-refractivity contribution >= 4 is 0 Å². The molecule has 0 atom stereocenters. The predicted molar refractivity (Wildman–Crippen MR) is 66.0 cm³/mol. The molecule has 92 valence electrons. The zero-order valence-corrected chi connectivity index (χ0v) is 10.6. The molecule has 1 aromatic carbocycles. The minimum atomic E-state index is -0.452. The highest BCUT2D eigenvalue weighted by molar-refractivity contribution is 5.34. The Kier molecular flexibility index (Phi) is 5.08. The Hall–Kier alpha value is -1.44. The van der Waals surface area contributed by atoms with E-state index < -0.39 is 5.82 Å². The summed E-state index contributed by atoms with van der Waals surface area (Å²) in [4.78, 5) is 4.26. The molecule has 0 aromatic heterocycles. The molecule has 0 bridgehead atoms. The first-order chi connectivity index (χ1) is 8.02. The molecule has 0 spiro atoms. The molecule has 0 saturated carbocycles. The van der Waals surface area contributed by atoms with Gasteiger partial charge in [0.2, 0.25) is 0 Å². The van der Waals surface area contributed by atoms with Crippen molar-refractivity contribution in [2.24, 2.45) is 0 Å². The van der Waals surface area contributed by atoms with Crippen molar-refractivity contribution in [2.45, 2.75) is 6.54 Å². The molecule has 4 heteroatoms. The molecule has 0 aliphatic heterocycles. The average Bonchev–Trinajstić information content (AvgIpc) is 2.29. The summed E-state index contributed by atoms with van der Waals surface area (Å²) in [5.74, 6) is -0.452. The van der Waals surface area contributed by atoms with E-state index in [1.807, 2.05) is 27.2 Å². The van der Waals surface area contributed by atoms with E-state index in [0.29, 0.717) is 0 Å². The van der Waals surface area contributed by atoms with Crippen molar-refractivity contribution in [3.05, 3.63) is 35.1 Å².